The maximum absolute atomic E-state index is 12.6. The molecule has 2 N–H and O–H groups in total. The fourth-order valence-corrected chi connectivity index (χ4v) is 3.85. The quantitative estimate of drug-likeness (QED) is 0.431. The lowest BCUT2D eigenvalue weighted by Crippen LogP contribution is -2.19. The van der Waals surface area contributed by atoms with Crippen LogP contribution in [-0.2, 0) is 19.4 Å². The number of pyridine rings is 1. The van der Waals surface area contributed by atoms with Crippen LogP contribution in [0.15, 0.2) is 47.4 Å². The zero-order valence-corrected chi connectivity index (χ0v) is 17.9. The van der Waals surface area contributed by atoms with E-state index in [1.165, 1.54) is 0 Å². The van der Waals surface area contributed by atoms with Crippen molar-refractivity contribution in [2.24, 2.45) is 0 Å². The largest absolute Gasteiger partial charge is 0.326 e. The molecule has 3 aromatic heterocycles. The highest BCUT2D eigenvalue weighted by molar-refractivity contribution is 5.78. The molecule has 0 aliphatic heterocycles. The number of imidazole rings is 1. The van der Waals surface area contributed by atoms with Gasteiger partial charge in [0.25, 0.3) is 0 Å². The molecule has 8 heteroatoms. The van der Waals surface area contributed by atoms with Gasteiger partial charge in [-0.25, -0.2) is 9.89 Å². The van der Waals surface area contributed by atoms with Crippen LogP contribution in [-0.4, -0.2) is 35.2 Å². The van der Waals surface area contributed by atoms with Gasteiger partial charge in [0.1, 0.15) is 0 Å². The van der Waals surface area contributed by atoms with Crippen LogP contribution in [0.5, 0.6) is 0 Å². The zero-order valence-electron chi connectivity index (χ0n) is 17.9. The van der Waals surface area contributed by atoms with E-state index in [0.29, 0.717) is 12.4 Å². The number of aromatic amines is 2. The van der Waals surface area contributed by atoms with E-state index >= 15 is 0 Å². The van der Waals surface area contributed by atoms with Gasteiger partial charge < -0.3 is 4.98 Å². The second-order valence-electron chi connectivity index (χ2n) is 7.64. The third-order valence-electron chi connectivity index (χ3n) is 5.41. The third-order valence-corrected chi connectivity index (χ3v) is 5.41. The lowest BCUT2D eigenvalue weighted by atomic mass is 10.0. The lowest BCUT2D eigenvalue weighted by Gasteiger charge is -2.10. The minimum absolute atomic E-state index is 0.0400. The summed E-state index contributed by atoms with van der Waals surface area (Å²) in [5.41, 5.74) is 5.81. The van der Waals surface area contributed by atoms with E-state index in [1.54, 1.807) is 0 Å². The second kappa shape index (κ2) is 9.51. The Morgan fingerprint density at radius 1 is 1.00 bits per heavy atom. The summed E-state index contributed by atoms with van der Waals surface area (Å²) in [5.74, 6) is 0.601. The minimum atomic E-state index is -0.0400. The molecule has 4 aromatic rings. The number of hydrogen-bond donors (Lipinski definition) is 2. The predicted octanol–water partition coefficient (Wildman–Crippen LogP) is 3.76. The Bertz CT molecular complexity index is 1170. The van der Waals surface area contributed by atoms with Crippen molar-refractivity contribution in [1.29, 1.82) is 0 Å². The number of benzene rings is 1. The Morgan fingerprint density at radius 3 is 2.52 bits per heavy atom. The Kier molecular flexibility index (Phi) is 6.35. The van der Waals surface area contributed by atoms with Crippen LogP contribution in [0, 0.1) is 0 Å². The highest BCUT2D eigenvalue weighted by Gasteiger charge is 2.15. The van der Waals surface area contributed by atoms with E-state index in [2.05, 4.69) is 44.4 Å². The van der Waals surface area contributed by atoms with Crippen molar-refractivity contribution in [3.05, 3.63) is 70.0 Å². The van der Waals surface area contributed by atoms with Gasteiger partial charge in [-0.05, 0) is 41.3 Å². The number of nitrogens with one attached hydrogen (secondary N) is 2. The molecule has 0 amide bonds. The summed E-state index contributed by atoms with van der Waals surface area (Å²) in [7, 11) is 0. The molecular weight excluding hydrogens is 390 g/mol. The van der Waals surface area contributed by atoms with Crippen molar-refractivity contribution in [3.8, 4) is 22.6 Å². The monoisotopic (exact) mass is 417 g/mol. The molecule has 0 unspecified atom stereocenters. The topological polar surface area (TPSA) is 105 Å². The summed E-state index contributed by atoms with van der Waals surface area (Å²) >= 11 is 0. The van der Waals surface area contributed by atoms with Crippen LogP contribution in [0.3, 0.4) is 0 Å². The molecule has 0 saturated heterocycles. The Labute approximate surface area is 180 Å². The van der Waals surface area contributed by atoms with E-state index < -0.39 is 0 Å². The fraction of sp³-hybridized carbons (Fsp3) is 0.348. The average molecular weight is 418 g/mol. The number of nitrogens with zero attached hydrogens (tertiary/aromatic N) is 5. The molecule has 3 heterocycles. The van der Waals surface area contributed by atoms with Gasteiger partial charge in [-0.2, -0.15) is 0 Å². The van der Waals surface area contributed by atoms with E-state index in [0.717, 1.165) is 65.9 Å². The van der Waals surface area contributed by atoms with Crippen LogP contribution in [0.4, 0.5) is 0 Å². The molecule has 0 atom stereocenters. The summed E-state index contributed by atoms with van der Waals surface area (Å²) in [6.45, 7) is 4.82. The van der Waals surface area contributed by atoms with E-state index in [4.69, 9.17) is 0 Å². The normalized spacial score (nSPS) is 11.2. The van der Waals surface area contributed by atoms with E-state index in [9.17, 15) is 4.79 Å². The van der Waals surface area contributed by atoms with Gasteiger partial charge in [0.15, 0.2) is 5.82 Å². The molecular formula is C23H27N7O. The molecule has 4 rings (SSSR count). The number of tetrazole rings is 1. The van der Waals surface area contributed by atoms with Crippen LogP contribution in [0.2, 0.25) is 0 Å². The molecule has 0 saturated carbocycles. The third kappa shape index (κ3) is 4.47. The van der Waals surface area contributed by atoms with Crippen molar-refractivity contribution >= 4 is 0 Å². The molecule has 0 fully saturated rings. The van der Waals surface area contributed by atoms with Crippen molar-refractivity contribution in [2.75, 3.05) is 0 Å². The number of rotatable bonds is 9. The Balaban J connectivity index is 1.62. The lowest BCUT2D eigenvalue weighted by molar-refractivity contribution is 0.672. The highest BCUT2D eigenvalue weighted by atomic mass is 16.1. The standard InChI is InChI=1S/C23H27N7O/c1-3-5-11-21-20(8-4-2)25-23(31)30(21)15-16-12-13-19(24-14-16)17-9-6-7-10-18(17)22-26-28-29-27-22/h6-7,9-10,12-14H,3-5,8,11,15H2,1-2H3,(H,25,31)(H,26,27,28,29). The molecule has 0 radical (unpaired) electrons. The predicted molar refractivity (Wildman–Crippen MR) is 120 cm³/mol. The van der Waals surface area contributed by atoms with Gasteiger partial charge in [-0.15, -0.1) is 5.10 Å². The minimum Gasteiger partial charge on any atom is -0.310 e. The van der Waals surface area contributed by atoms with Gasteiger partial charge in [0.05, 0.1) is 12.2 Å². The van der Waals surface area contributed by atoms with Gasteiger partial charge in [0, 0.05) is 28.7 Å². The number of unbranched alkanes of at least 4 members (excludes halogenated alkanes) is 1. The molecule has 31 heavy (non-hydrogen) atoms. The van der Waals surface area contributed by atoms with Gasteiger partial charge in [-0.1, -0.05) is 57.0 Å². The average Bonchev–Trinajstić information content (AvgIpc) is 3.42. The first-order chi connectivity index (χ1) is 15.2. The first-order valence-electron chi connectivity index (χ1n) is 10.8. The molecule has 0 spiro atoms. The van der Waals surface area contributed by atoms with Crippen LogP contribution >= 0.6 is 0 Å². The summed E-state index contributed by atoms with van der Waals surface area (Å²) in [6, 6.07) is 11.9. The van der Waals surface area contributed by atoms with Crippen molar-refractivity contribution < 1.29 is 0 Å². The maximum Gasteiger partial charge on any atom is 0.326 e. The summed E-state index contributed by atoms with van der Waals surface area (Å²) in [4.78, 5) is 20.4. The smallest absolute Gasteiger partial charge is 0.310 e. The van der Waals surface area contributed by atoms with Crippen LogP contribution in [0.25, 0.3) is 22.6 Å². The van der Waals surface area contributed by atoms with Crippen molar-refractivity contribution in [3.63, 3.8) is 0 Å². The Morgan fingerprint density at radius 2 is 1.84 bits per heavy atom. The van der Waals surface area contributed by atoms with Crippen molar-refractivity contribution in [1.82, 2.24) is 35.2 Å². The molecule has 8 nitrogen and oxygen atoms in total. The van der Waals surface area contributed by atoms with Gasteiger partial charge >= 0.3 is 5.69 Å². The van der Waals surface area contributed by atoms with Crippen LogP contribution < -0.4 is 5.69 Å². The first kappa shape index (κ1) is 20.7. The van der Waals surface area contributed by atoms with E-state index in [-0.39, 0.29) is 5.69 Å². The number of H-pyrrole nitrogens is 2. The zero-order chi connectivity index (χ0) is 21.6. The highest BCUT2D eigenvalue weighted by Crippen LogP contribution is 2.28. The maximum atomic E-state index is 12.6. The van der Waals surface area contributed by atoms with Crippen LogP contribution in [0.1, 0.15) is 50.1 Å². The van der Waals surface area contributed by atoms with Gasteiger partial charge in [-0.3, -0.25) is 9.55 Å². The summed E-state index contributed by atoms with van der Waals surface area (Å²) in [5, 5.41) is 14.2. The molecule has 0 aliphatic rings. The molecule has 1 aromatic carbocycles. The summed E-state index contributed by atoms with van der Waals surface area (Å²) < 4.78 is 1.87. The number of aryl methyl sites for hydroxylation is 1. The Hall–Kier alpha value is -3.55. The molecule has 0 aliphatic carbocycles. The number of aromatic nitrogens is 7. The SMILES string of the molecule is CCCCc1c(CCC)[nH]c(=O)n1Cc1ccc(-c2ccccc2-c2nnn[nH]2)nc1. The molecule has 0 bridgehead atoms. The van der Waals surface area contributed by atoms with Gasteiger partial charge in [0.2, 0.25) is 0 Å². The first-order valence-corrected chi connectivity index (χ1v) is 10.8. The summed E-state index contributed by atoms with van der Waals surface area (Å²) in [6.07, 6.45) is 6.82. The second-order valence-corrected chi connectivity index (χ2v) is 7.64. The fourth-order valence-electron chi connectivity index (χ4n) is 3.85. The number of hydrogen-bond acceptors (Lipinski definition) is 5. The van der Waals surface area contributed by atoms with Crippen molar-refractivity contribution in [2.45, 2.75) is 52.5 Å². The van der Waals surface area contributed by atoms with E-state index in [1.807, 2.05) is 47.2 Å². The molecule has 160 valence electrons.